The normalized spacial score (nSPS) is 17.9. The van der Waals surface area contributed by atoms with Crippen molar-refractivity contribution in [1.82, 2.24) is 5.32 Å². The maximum absolute atomic E-state index is 12.4. The molecule has 25 heavy (non-hydrogen) atoms. The highest BCUT2D eigenvalue weighted by Gasteiger charge is 2.28. The zero-order valence-electron chi connectivity index (χ0n) is 13.9. The molecule has 0 fully saturated rings. The molecule has 0 aromatic heterocycles. The molecular formula is C20H22N2O3. The van der Waals surface area contributed by atoms with Crippen molar-refractivity contribution in [3.05, 3.63) is 65.7 Å². The Hall–Kier alpha value is -2.66. The number of nitrogens with one attached hydrogen (secondary N) is 2. The largest absolute Gasteiger partial charge is 0.480 e. The highest BCUT2D eigenvalue weighted by molar-refractivity contribution is 5.96. The van der Waals surface area contributed by atoms with E-state index in [0.717, 1.165) is 23.2 Å². The van der Waals surface area contributed by atoms with Crippen LogP contribution in [0, 0.1) is 0 Å². The third-order valence-corrected chi connectivity index (χ3v) is 4.56. The predicted molar refractivity (Wildman–Crippen MR) is 96.5 cm³/mol. The molecule has 1 aliphatic rings. The third kappa shape index (κ3) is 4.45. The second-order valence-electron chi connectivity index (χ2n) is 6.32. The van der Waals surface area contributed by atoms with E-state index in [0.29, 0.717) is 19.3 Å². The van der Waals surface area contributed by atoms with Gasteiger partial charge in [-0.2, -0.15) is 0 Å². The van der Waals surface area contributed by atoms with E-state index in [4.69, 9.17) is 0 Å². The highest BCUT2D eigenvalue weighted by Crippen LogP contribution is 2.22. The lowest BCUT2D eigenvalue weighted by atomic mass is 10.0. The standard InChI is InChI=1S/C20H22N2O3/c23-19-17(13-11-15-8-4-5-9-16(15)22-19)21-18(20(24)25)12-10-14-6-2-1-3-7-14/h1-9,17-18,21H,10-13H2,(H,22,23)(H,24,25). The van der Waals surface area contributed by atoms with E-state index in [-0.39, 0.29) is 5.91 Å². The van der Waals surface area contributed by atoms with Crippen molar-refractivity contribution < 1.29 is 14.7 Å². The fourth-order valence-corrected chi connectivity index (χ4v) is 3.15. The van der Waals surface area contributed by atoms with Crippen molar-refractivity contribution in [3.8, 4) is 0 Å². The maximum Gasteiger partial charge on any atom is 0.320 e. The fraction of sp³-hybridized carbons (Fsp3) is 0.300. The molecular weight excluding hydrogens is 316 g/mol. The molecule has 2 aromatic carbocycles. The summed E-state index contributed by atoms with van der Waals surface area (Å²) >= 11 is 0. The number of benzene rings is 2. The topological polar surface area (TPSA) is 78.4 Å². The van der Waals surface area contributed by atoms with Crippen molar-refractivity contribution in [2.45, 2.75) is 37.8 Å². The van der Waals surface area contributed by atoms with Crippen LogP contribution in [0.25, 0.3) is 0 Å². The Bertz CT molecular complexity index is 746. The van der Waals surface area contributed by atoms with Crippen molar-refractivity contribution in [2.24, 2.45) is 0 Å². The Labute approximate surface area is 147 Å². The first kappa shape index (κ1) is 17.2. The van der Waals surface area contributed by atoms with Gasteiger partial charge in [-0.3, -0.25) is 14.9 Å². The van der Waals surface area contributed by atoms with Gasteiger partial charge in [0.2, 0.25) is 5.91 Å². The van der Waals surface area contributed by atoms with Crippen LogP contribution in [0.3, 0.4) is 0 Å². The molecule has 1 aliphatic heterocycles. The van der Waals surface area contributed by atoms with Crippen LogP contribution in [-0.2, 0) is 22.4 Å². The number of carboxylic acid groups (broad SMARTS) is 1. The Morgan fingerprint density at radius 1 is 1.16 bits per heavy atom. The average Bonchev–Trinajstić information content (AvgIpc) is 2.78. The number of carbonyl (C=O) groups is 2. The van der Waals surface area contributed by atoms with Gasteiger partial charge in [0.1, 0.15) is 6.04 Å². The number of aliphatic carboxylic acids is 1. The molecule has 1 heterocycles. The van der Waals surface area contributed by atoms with Gasteiger partial charge in [0, 0.05) is 5.69 Å². The molecule has 1 amide bonds. The van der Waals surface area contributed by atoms with Crippen molar-refractivity contribution >= 4 is 17.6 Å². The van der Waals surface area contributed by atoms with Crippen LogP contribution in [0.4, 0.5) is 5.69 Å². The number of aryl methyl sites for hydroxylation is 2. The molecule has 5 heteroatoms. The van der Waals surface area contributed by atoms with Gasteiger partial charge >= 0.3 is 5.97 Å². The SMILES string of the molecule is O=C(O)C(CCc1ccccc1)NC1CCc2ccccc2NC1=O. The van der Waals surface area contributed by atoms with Crippen LogP contribution in [0.2, 0.25) is 0 Å². The highest BCUT2D eigenvalue weighted by atomic mass is 16.4. The lowest BCUT2D eigenvalue weighted by molar-refractivity contribution is -0.140. The number of hydrogen-bond donors (Lipinski definition) is 3. The summed E-state index contributed by atoms with van der Waals surface area (Å²) in [5.74, 6) is -1.10. The third-order valence-electron chi connectivity index (χ3n) is 4.56. The molecule has 0 aliphatic carbocycles. The van der Waals surface area contributed by atoms with E-state index in [2.05, 4.69) is 10.6 Å². The molecule has 3 rings (SSSR count). The number of fused-ring (bicyclic) bond motifs is 1. The first-order chi connectivity index (χ1) is 12.1. The number of hydrogen-bond acceptors (Lipinski definition) is 3. The summed E-state index contributed by atoms with van der Waals surface area (Å²) in [4.78, 5) is 24.1. The van der Waals surface area contributed by atoms with Gasteiger partial charge in [-0.15, -0.1) is 0 Å². The Morgan fingerprint density at radius 2 is 1.88 bits per heavy atom. The van der Waals surface area contributed by atoms with Crippen LogP contribution in [-0.4, -0.2) is 29.1 Å². The average molecular weight is 338 g/mol. The van der Waals surface area contributed by atoms with Gasteiger partial charge in [0.05, 0.1) is 6.04 Å². The summed E-state index contributed by atoms with van der Waals surface area (Å²) in [6.07, 6.45) is 2.41. The maximum atomic E-state index is 12.4. The van der Waals surface area contributed by atoms with Gasteiger partial charge in [-0.25, -0.2) is 0 Å². The van der Waals surface area contributed by atoms with Crippen LogP contribution in [0.15, 0.2) is 54.6 Å². The molecule has 3 N–H and O–H groups in total. The summed E-state index contributed by atoms with van der Waals surface area (Å²) in [6.45, 7) is 0. The first-order valence-electron chi connectivity index (χ1n) is 8.55. The van der Waals surface area contributed by atoms with Crippen LogP contribution < -0.4 is 10.6 Å². The Balaban J connectivity index is 1.64. The second-order valence-corrected chi connectivity index (χ2v) is 6.32. The van der Waals surface area contributed by atoms with Crippen LogP contribution in [0.1, 0.15) is 24.0 Å². The minimum absolute atomic E-state index is 0.170. The Morgan fingerprint density at radius 3 is 2.64 bits per heavy atom. The van der Waals surface area contributed by atoms with Crippen molar-refractivity contribution in [3.63, 3.8) is 0 Å². The molecule has 2 atom stereocenters. The smallest absolute Gasteiger partial charge is 0.320 e. The minimum atomic E-state index is -0.925. The van der Waals surface area contributed by atoms with Crippen molar-refractivity contribution in [1.29, 1.82) is 0 Å². The summed E-state index contributed by atoms with van der Waals surface area (Å²) in [5.41, 5.74) is 2.98. The monoisotopic (exact) mass is 338 g/mol. The zero-order chi connectivity index (χ0) is 17.6. The molecule has 2 unspecified atom stereocenters. The van der Waals surface area contributed by atoms with Gasteiger partial charge in [0.25, 0.3) is 0 Å². The van der Waals surface area contributed by atoms with Crippen LogP contribution in [0.5, 0.6) is 0 Å². The number of anilines is 1. The van der Waals surface area contributed by atoms with E-state index in [1.54, 1.807) is 0 Å². The van der Waals surface area contributed by atoms with E-state index in [1.807, 2.05) is 54.6 Å². The number of para-hydroxylation sites is 1. The van der Waals surface area contributed by atoms with E-state index < -0.39 is 18.1 Å². The number of rotatable bonds is 6. The molecule has 0 spiro atoms. The quantitative estimate of drug-likeness (QED) is 0.756. The summed E-state index contributed by atoms with van der Waals surface area (Å²) < 4.78 is 0. The van der Waals surface area contributed by atoms with E-state index >= 15 is 0 Å². The molecule has 0 radical (unpaired) electrons. The van der Waals surface area contributed by atoms with E-state index in [1.165, 1.54) is 0 Å². The lowest BCUT2D eigenvalue weighted by Crippen LogP contribution is -2.48. The van der Waals surface area contributed by atoms with Gasteiger partial charge in [0.15, 0.2) is 0 Å². The summed E-state index contributed by atoms with van der Waals surface area (Å²) in [7, 11) is 0. The number of carbonyl (C=O) groups excluding carboxylic acids is 1. The summed E-state index contributed by atoms with van der Waals surface area (Å²) in [6, 6.07) is 16.2. The number of amides is 1. The van der Waals surface area contributed by atoms with Crippen molar-refractivity contribution in [2.75, 3.05) is 5.32 Å². The van der Waals surface area contributed by atoms with Crippen LogP contribution >= 0.6 is 0 Å². The molecule has 0 saturated carbocycles. The predicted octanol–water partition coefficient (Wildman–Crippen LogP) is 2.62. The van der Waals surface area contributed by atoms with E-state index in [9.17, 15) is 14.7 Å². The molecule has 5 nitrogen and oxygen atoms in total. The zero-order valence-corrected chi connectivity index (χ0v) is 13.9. The van der Waals surface area contributed by atoms with Gasteiger partial charge in [-0.05, 0) is 42.9 Å². The molecule has 0 saturated heterocycles. The fourth-order valence-electron chi connectivity index (χ4n) is 3.15. The van der Waals surface area contributed by atoms with Gasteiger partial charge in [-0.1, -0.05) is 48.5 Å². The molecule has 2 aromatic rings. The second kappa shape index (κ2) is 7.94. The minimum Gasteiger partial charge on any atom is -0.480 e. The number of carboxylic acids is 1. The Kier molecular flexibility index (Phi) is 5.46. The first-order valence-corrected chi connectivity index (χ1v) is 8.55. The molecule has 130 valence electrons. The molecule has 0 bridgehead atoms. The lowest BCUT2D eigenvalue weighted by Gasteiger charge is -2.21. The summed E-state index contributed by atoms with van der Waals surface area (Å²) in [5, 5.41) is 15.5. The van der Waals surface area contributed by atoms with Gasteiger partial charge < -0.3 is 10.4 Å².